The normalized spacial score (nSPS) is 28.3. The van der Waals surface area contributed by atoms with E-state index < -0.39 is 120 Å². The SMILES string of the molecule is CC(=O)OC[C@H]1O[C@@H](N=[N+]=[N-])[C@H](OC(C)=O)[C@@H](OC(C)=O)[C@@H]1O[C@@H]1O[C@H](COS(=O)(=O)c2ccc(C)cc2)[C@H](OC(C)=O)[C@H](OC(C)=O)[C@H]1OC(C)=O. The quantitative estimate of drug-likeness (QED) is 0.0638. The third-order valence-electron chi connectivity index (χ3n) is 7.32. The van der Waals surface area contributed by atoms with Crippen molar-refractivity contribution in [2.45, 2.75) is 115 Å². The third kappa shape index (κ3) is 12.1. The molecule has 0 bridgehead atoms. The van der Waals surface area contributed by atoms with E-state index in [9.17, 15) is 42.7 Å². The molecule has 0 spiro atoms. The number of benzene rings is 1. The summed E-state index contributed by atoms with van der Waals surface area (Å²) in [6.45, 7) is 6.16. The second-order valence-electron chi connectivity index (χ2n) is 11.6. The maximum absolute atomic E-state index is 13.2. The topological polar surface area (TPSA) is 278 Å². The highest BCUT2D eigenvalue weighted by Crippen LogP contribution is 2.36. The molecule has 22 heteroatoms. The molecular formula is C31H39N3O18S. The van der Waals surface area contributed by atoms with Crippen LogP contribution in [0.4, 0.5) is 0 Å². The molecule has 3 rings (SSSR count). The molecule has 2 saturated heterocycles. The molecule has 1 aromatic carbocycles. The fourth-order valence-electron chi connectivity index (χ4n) is 5.36. The van der Waals surface area contributed by atoms with Crippen LogP contribution in [0.15, 0.2) is 34.3 Å². The van der Waals surface area contributed by atoms with Crippen molar-refractivity contribution in [3.8, 4) is 0 Å². The summed E-state index contributed by atoms with van der Waals surface area (Å²) in [6.07, 6.45) is -17.2. The van der Waals surface area contributed by atoms with Crippen LogP contribution in [0.2, 0.25) is 0 Å². The van der Waals surface area contributed by atoms with Crippen molar-refractivity contribution in [1.29, 1.82) is 0 Å². The average Bonchev–Trinajstić information content (AvgIpc) is 3.04. The maximum Gasteiger partial charge on any atom is 0.303 e. The maximum atomic E-state index is 13.2. The standard InChI is InChI=1S/C31H39N3O18S/c1-14-8-10-21(11-9-14)53(41,42)44-13-23-24(45-16(3)36)27(47-18(5)38)29(49-20(7)40)31(51-23)52-25-22(12-43-15(2)35)50-30(33-34-32)28(48-19(6)39)26(25)46-17(4)37/h8-11,22-31H,12-13H2,1-7H3/t22-,23-,24+,25-,26+,27+,28-,29-,30-,31+/m1/s1. The van der Waals surface area contributed by atoms with Gasteiger partial charge in [0.1, 0.15) is 24.9 Å². The lowest BCUT2D eigenvalue weighted by atomic mass is 9.95. The van der Waals surface area contributed by atoms with Crippen molar-refractivity contribution in [3.63, 3.8) is 0 Å². The molecule has 53 heavy (non-hydrogen) atoms. The van der Waals surface area contributed by atoms with E-state index in [2.05, 4.69) is 10.0 Å². The van der Waals surface area contributed by atoms with Crippen molar-refractivity contribution < 1.29 is 84.0 Å². The van der Waals surface area contributed by atoms with Crippen LogP contribution in [0.5, 0.6) is 0 Å². The van der Waals surface area contributed by atoms with Crippen molar-refractivity contribution in [3.05, 3.63) is 40.3 Å². The van der Waals surface area contributed by atoms with Gasteiger partial charge in [-0.05, 0) is 24.6 Å². The smallest absolute Gasteiger partial charge is 0.303 e. The Morgan fingerprint density at radius 3 is 1.64 bits per heavy atom. The minimum Gasteiger partial charge on any atom is -0.463 e. The summed E-state index contributed by atoms with van der Waals surface area (Å²) in [5.74, 6) is -5.63. The van der Waals surface area contributed by atoms with Crippen LogP contribution in [0, 0.1) is 6.92 Å². The van der Waals surface area contributed by atoms with Crippen LogP contribution in [0.3, 0.4) is 0 Å². The molecule has 0 N–H and O–H groups in total. The first kappa shape index (κ1) is 42.6. The summed E-state index contributed by atoms with van der Waals surface area (Å²) >= 11 is 0. The van der Waals surface area contributed by atoms with Crippen LogP contribution in [0.1, 0.15) is 47.1 Å². The summed E-state index contributed by atoms with van der Waals surface area (Å²) in [5.41, 5.74) is 9.96. The third-order valence-corrected chi connectivity index (χ3v) is 8.61. The van der Waals surface area contributed by atoms with E-state index >= 15 is 0 Å². The second-order valence-corrected chi connectivity index (χ2v) is 13.3. The lowest BCUT2D eigenvalue weighted by Gasteiger charge is -2.48. The van der Waals surface area contributed by atoms with Gasteiger partial charge in [-0.1, -0.05) is 22.8 Å². The lowest BCUT2D eigenvalue weighted by molar-refractivity contribution is -0.344. The molecule has 21 nitrogen and oxygen atoms in total. The van der Waals surface area contributed by atoms with Gasteiger partial charge in [0, 0.05) is 46.5 Å². The van der Waals surface area contributed by atoms with Crippen LogP contribution >= 0.6 is 0 Å². The molecule has 0 amide bonds. The number of azide groups is 1. The molecule has 2 fully saturated rings. The number of esters is 6. The Hall–Kier alpha value is -4.86. The highest BCUT2D eigenvalue weighted by Gasteiger charge is 2.57. The van der Waals surface area contributed by atoms with Crippen molar-refractivity contribution in [2.24, 2.45) is 5.11 Å². The molecule has 1 aromatic rings. The number of rotatable bonds is 14. The van der Waals surface area contributed by atoms with E-state index in [1.807, 2.05) is 0 Å². The minimum absolute atomic E-state index is 0.243. The van der Waals surface area contributed by atoms with Crippen LogP contribution in [-0.4, -0.2) is 119 Å². The minimum atomic E-state index is -4.49. The largest absolute Gasteiger partial charge is 0.463 e. The number of carbonyl (C=O) groups excluding carboxylic acids is 6. The number of hydrogen-bond acceptors (Lipinski definition) is 19. The first-order valence-electron chi connectivity index (χ1n) is 15.8. The molecule has 0 saturated carbocycles. The highest BCUT2D eigenvalue weighted by atomic mass is 32.2. The predicted octanol–water partition coefficient (Wildman–Crippen LogP) is 1.07. The van der Waals surface area contributed by atoms with Gasteiger partial charge in [-0.3, -0.25) is 33.0 Å². The lowest BCUT2D eigenvalue weighted by Crippen LogP contribution is -2.67. The van der Waals surface area contributed by atoms with Gasteiger partial charge < -0.3 is 42.6 Å². The van der Waals surface area contributed by atoms with Gasteiger partial charge in [-0.2, -0.15) is 8.42 Å². The zero-order valence-corrected chi connectivity index (χ0v) is 30.4. The number of carbonyl (C=O) groups is 6. The van der Waals surface area contributed by atoms with Gasteiger partial charge in [-0.25, -0.2) is 0 Å². The number of nitrogens with zero attached hydrogens (tertiary/aromatic N) is 3. The van der Waals surface area contributed by atoms with Gasteiger partial charge in [0.2, 0.25) is 0 Å². The Morgan fingerprint density at radius 1 is 0.660 bits per heavy atom. The molecule has 0 aromatic heterocycles. The van der Waals surface area contributed by atoms with Gasteiger partial charge in [-0.15, -0.1) is 0 Å². The molecule has 0 radical (unpaired) electrons. The highest BCUT2D eigenvalue weighted by molar-refractivity contribution is 7.86. The zero-order valence-electron chi connectivity index (χ0n) is 29.6. The molecule has 0 unspecified atom stereocenters. The Morgan fingerprint density at radius 2 is 1.13 bits per heavy atom. The molecule has 10 atom stereocenters. The Kier molecular flexibility index (Phi) is 15.1. The Bertz CT molecular complexity index is 1680. The fraction of sp³-hybridized carbons (Fsp3) is 0.613. The van der Waals surface area contributed by atoms with Crippen LogP contribution < -0.4 is 0 Å². The van der Waals surface area contributed by atoms with E-state index in [0.717, 1.165) is 47.1 Å². The van der Waals surface area contributed by atoms with Gasteiger partial charge in [0.05, 0.1) is 11.5 Å². The first-order chi connectivity index (χ1) is 24.8. The van der Waals surface area contributed by atoms with Crippen molar-refractivity contribution >= 4 is 45.9 Å². The molecular weight excluding hydrogens is 734 g/mol. The van der Waals surface area contributed by atoms with Gasteiger partial charge in [0.25, 0.3) is 10.1 Å². The average molecular weight is 774 g/mol. The molecule has 2 aliphatic heterocycles. The summed E-state index contributed by atoms with van der Waals surface area (Å²) in [6, 6.07) is 5.61. The van der Waals surface area contributed by atoms with E-state index in [0.29, 0.717) is 0 Å². The summed E-state index contributed by atoms with van der Waals surface area (Å²) in [4.78, 5) is 75.9. The van der Waals surface area contributed by atoms with Gasteiger partial charge in [0.15, 0.2) is 43.0 Å². The molecule has 2 heterocycles. The number of aryl methyl sites for hydroxylation is 1. The predicted molar refractivity (Wildman–Crippen MR) is 170 cm³/mol. The van der Waals surface area contributed by atoms with Crippen molar-refractivity contribution in [1.82, 2.24) is 0 Å². The van der Waals surface area contributed by atoms with E-state index in [4.69, 9.17) is 46.8 Å². The number of hydrogen-bond donors (Lipinski definition) is 0. The van der Waals surface area contributed by atoms with E-state index in [1.54, 1.807) is 6.92 Å². The van der Waals surface area contributed by atoms with E-state index in [1.165, 1.54) is 24.3 Å². The van der Waals surface area contributed by atoms with Crippen molar-refractivity contribution in [2.75, 3.05) is 13.2 Å². The second kappa shape index (κ2) is 18.8. The summed E-state index contributed by atoms with van der Waals surface area (Å²) < 4.78 is 81.8. The molecule has 2 aliphatic rings. The first-order valence-corrected chi connectivity index (χ1v) is 17.2. The van der Waals surface area contributed by atoms with Crippen LogP contribution in [-0.2, 0) is 85.7 Å². The monoisotopic (exact) mass is 773 g/mol. The zero-order chi connectivity index (χ0) is 39.6. The molecule has 292 valence electrons. The fourth-order valence-corrected chi connectivity index (χ4v) is 6.28. The summed E-state index contributed by atoms with van der Waals surface area (Å²) in [5, 5.41) is 3.47. The summed E-state index contributed by atoms with van der Waals surface area (Å²) in [7, 11) is -4.49. The number of ether oxygens (including phenoxy) is 9. The van der Waals surface area contributed by atoms with E-state index in [-0.39, 0.29) is 4.90 Å². The molecule has 0 aliphatic carbocycles. The Balaban J connectivity index is 2.17. The Labute approximate surface area is 303 Å². The van der Waals surface area contributed by atoms with Gasteiger partial charge >= 0.3 is 35.8 Å². The van der Waals surface area contributed by atoms with Crippen LogP contribution in [0.25, 0.3) is 10.4 Å².